The lowest BCUT2D eigenvalue weighted by Crippen LogP contribution is -2.71. The molecule has 0 unspecified atom stereocenters. The van der Waals surface area contributed by atoms with Crippen molar-refractivity contribution in [1.82, 2.24) is 10.6 Å². The van der Waals surface area contributed by atoms with Gasteiger partial charge in [0.05, 0.1) is 38.6 Å². The van der Waals surface area contributed by atoms with Gasteiger partial charge < -0.3 is 120 Å². The van der Waals surface area contributed by atoms with Crippen LogP contribution in [0.15, 0.2) is 0 Å². The summed E-state index contributed by atoms with van der Waals surface area (Å²) < 4.78 is 39.1. The van der Waals surface area contributed by atoms with Crippen molar-refractivity contribution in [2.75, 3.05) is 33.0 Å². The fourth-order valence-corrected chi connectivity index (χ4v) is 7.05. The van der Waals surface area contributed by atoms with E-state index in [1.807, 2.05) is 0 Å². The molecular weight excluding hydrogens is 800 g/mol. The van der Waals surface area contributed by atoms with Crippen LogP contribution in [0, 0.1) is 0 Å². The summed E-state index contributed by atoms with van der Waals surface area (Å²) >= 11 is 0. The summed E-state index contributed by atoms with van der Waals surface area (Å²) in [5.74, 6) is -7.19. The first-order valence-electron chi connectivity index (χ1n) is 17.9. The number of hydrogen-bond acceptors (Lipinski definition) is 24. The molecule has 0 saturated carbocycles. The normalized spacial score (nSPS) is 44.5. The molecule has 58 heavy (non-hydrogen) atoms. The van der Waals surface area contributed by atoms with Crippen LogP contribution in [-0.4, -0.2) is 256 Å². The zero-order valence-corrected chi connectivity index (χ0v) is 30.6. The number of hydrogen-bond donors (Lipinski definition) is 17. The molecule has 0 aromatic carbocycles. The van der Waals surface area contributed by atoms with Crippen LogP contribution in [0.2, 0.25) is 0 Å². The third-order valence-electron chi connectivity index (χ3n) is 10.1. The molecule has 27 nitrogen and oxygen atoms in total. The Morgan fingerprint density at radius 3 is 1.84 bits per heavy atom. The third-order valence-corrected chi connectivity index (χ3v) is 10.1. The fraction of sp³-hybridized carbons (Fsp3) is 0.903. The zero-order chi connectivity index (χ0) is 43.4. The summed E-state index contributed by atoms with van der Waals surface area (Å²) in [5.41, 5.74) is 0. The quantitative estimate of drug-likeness (QED) is 0.0685. The Hall–Kier alpha value is -2.43. The Bertz CT molecular complexity index is 1370. The molecule has 0 aromatic rings. The van der Waals surface area contributed by atoms with E-state index in [4.69, 9.17) is 33.2 Å². The van der Waals surface area contributed by atoms with Crippen LogP contribution >= 0.6 is 0 Å². The number of aliphatic hydroxyl groups excluding tert-OH is 14. The molecule has 336 valence electrons. The van der Waals surface area contributed by atoms with Crippen molar-refractivity contribution in [3.8, 4) is 0 Å². The summed E-state index contributed by atoms with van der Waals surface area (Å²) in [6.07, 6.45) is -37.2. The number of carboxylic acids is 1. The Balaban J connectivity index is 1.64. The van der Waals surface area contributed by atoms with Gasteiger partial charge in [0.25, 0.3) is 5.79 Å². The Labute approximate surface area is 327 Å². The van der Waals surface area contributed by atoms with Gasteiger partial charge in [-0.2, -0.15) is 0 Å². The highest BCUT2D eigenvalue weighted by Gasteiger charge is 2.61. The summed E-state index contributed by atoms with van der Waals surface area (Å²) in [6.45, 7) is -4.23. The maximum Gasteiger partial charge on any atom is 0.364 e. The van der Waals surface area contributed by atoms with Gasteiger partial charge in [-0.05, 0) is 0 Å². The Morgan fingerprint density at radius 2 is 1.29 bits per heavy atom. The lowest BCUT2D eigenvalue weighted by atomic mass is 9.88. The molecule has 0 aliphatic carbocycles. The highest BCUT2D eigenvalue weighted by molar-refractivity contribution is 5.78. The van der Waals surface area contributed by atoms with Gasteiger partial charge in [-0.25, -0.2) is 4.79 Å². The van der Waals surface area contributed by atoms with Crippen LogP contribution in [0.4, 0.5) is 0 Å². The Morgan fingerprint density at radius 1 is 0.707 bits per heavy atom. The first kappa shape index (κ1) is 48.2. The van der Waals surface area contributed by atoms with Crippen molar-refractivity contribution < 1.29 is 124 Å². The molecule has 4 aliphatic rings. The summed E-state index contributed by atoms with van der Waals surface area (Å²) in [5, 5.41) is 161. The second-order valence-electron chi connectivity index (χ2n) is 14.1. The van der Waals surface area contributed by atoms with Gasteiger partial charge in [-0.3, -0.25) is 9.59 Å². The van der Waals surface area contributed by atoms with Gasteiger partial charge in [0.15, 0.2) is 18.9 Å². The van der Waals surface area contributed by atoms with Gasteiger partial charge in [0, 0.05) is 13.3 Å². The number of carboxylic acid groups (broad SMARTS) is 1. The molecule has 0 spiro atoms. The van der Waals surface area contributed by atoms with E-state index in [0.29, 0.717) is 0 Å². The van der Waals surface area contributed by atoms with Gasteiger partial charge in [0.2, 0.25) is 11.8 Å². The molecule has 17 N–H and O–H groups in total. The molecule has 0 aromatic heterocycles. The van der Waals surface area contributed by atoms with E-state index in [1.54, 1.807) is 0 Å². The maximum absolute atomic E-state index is 12.9. The topological polar surface area (TPSA) is 443 Å². The summed E-state index contributed by atoms with van der Waals surface area (Å²) in [4.78, 5) is 36.8. The smallest absolute Gasteiger partial charge is 0.364 e. The Kier molecular flexibility index (Phi) is 17.0. The lowest BCUT2D eigenvalue weighted by Gasteiger charge is -2.51. The molecule has 27 heteroatoms. The zero-order valence-electron chi connectivity index (χ0n) is 30.6. The van der Waals surface area contributed by atoms with E-state index in [-0.39, 0.29) is 0 Å². The number of nitrogens with one attached hydrogen (secondary N) is 2. The average molecular weight is 853 g/mol. The molecule has 4 heterocycles. The number of aliphatic hydroxyl groups is 14. The minimum Gasteiger partial charge on any atom is -0.477 e. The second-order valence-corrected chi connectivity index (χ2v) is 14.1. The van der Waals surface area contributed by atoms with E-state index in [0.717, 1.165) is 6.92 Å². The molecule has 0 radical (unpaired) electrons. The molecular formula is C31H52N2O25. The fourth-order valence-electron chi connectivity index (χ4n) is 7.05. The first-order valence-corrected chi connectivity index (χ1v) is 17.9. The minimum absolute atomic E-state index is 0.735. The predicted molar refractivity (Wildman–Crippen MR) is 176 cm³/mol. The molecule has 4 saturated heterocycles. The van der Waals surface area contributed by atoms with Crippen molar-refractivity contribution >= 4 is 17.8 Å². The number of ether oxygens (including phenoxy) is 7. The number of aliphatic carboxylic acids is 1. The van der Waals surface area contributed by atoms with E-state index >= 15 is 0 Å². The summed E-state index contributed by atoms with van der Waals surface area (Å²) in [7, 11) is 0. The van der Waals surface area contributed by atoms with E-state index < -0.39 is 186 Å². The number of rotatable bonds is 16. The average Bonchev–Trinajstić information content (AvgIpc) is 3.19. The van der Waals surface area contributed by atoms with Gasteiger partial charge in [-0.15, -0.1) is 0 Å². The minimum atomic E-state index is -3.21. The van der Waals surface area contributed by atoms with Gasteiger partial charge in [-0.1, -0.05) is 0 Å². The molecule has 4 aliphatic heterocycles. The molecule has 4 rings (SSSR count). The van der Waals surface area contributed by atoms with Crippen LogP contribution in [0.1, 0.15) is 13.3 Å². The molecule has 4 fully saturated rings. The largest absolute Gasteiger partial charge is 0.477 e. The number of amides is 2. The van der Waals surface area contributed by atoms with Gasteiger partial charge in [0.1, 0.15) is 98.1 Å². The van der Waals surface area contributed by atoms with Crippen LogP contribution in [0.3, 0.4) is 0 Å². The SMILES string of the molecule is CC(=O)N[C@H]1[C@@H](O[C@@H]2[C@H](O)[C@@H](O)[C@H](O[C@@H]3[C@H](O[C@]4(C(=O)O)C[C@H](O)[C@@H](NC(=O)CO)[C@H]([C@H](O)[C@H](O)CO)O4)[C@@H](O)[C@@H](O)O[C@@H]3CO)O[C@@H]2CO)O[C@H](CO)[C@@H](O)[C@@H]1O. The first-order chi connectivity index (χ1) is 27.3. The molecule has 0 bridgehead atoms. The van der Waals surface area contributed by atoms with Crippen molar-refractivity contribution in [2.45, 2.75) is 142 Å². The third kappa shape index (κ3) is 10.2. The molecule has 21 atom stereocenters. The van der Waals surface area contributed by atoms with Crippen molar-refractivity contribution in [3.63, 3.8) is 0 Å². The standard InChI is InChI=1S/C31H52N2O25/c1-8(39)32-16-19(45)18(44)11(4-35)53-28(16)55-23-12(5-36)54-29(21(47)20(23)46)56-24-13(6-37)52-27(49)22(48)26(24)58-31(30(50)51)2-9(40)15(33-14(42)7-38)25(57-31)17(43)10(41)3-34/h9-13,15-29,34-38,40-41,43-49H,2-7H2,1H3,(H,32,39)(H,33,42)(H,50,51)/t9-,10+,11+,12+,13+,15+,16+,17+,18+,19+,20+,21+,22+,23-,24-,25+,26+,27-,28+,29-,31-/m0/s1. The maximum atomic E-state index is 12.9. The van der Waals surface area contributed by atoms with Crippen LogP contribution in [0.5, 0.6) is 0 Å². The van der Waals surface area contributed by atoms with Gasteiger partial charge >= 0.3 is 5.97 Å². The monoisotopic (exact) mass is 852 g/mol. The van der Waals surface area contributed by atoms with Crippen LogP contribution < -0.4 is 10.6 Å². The highest BCUT2D eigenvalue weighted by atomic mass is 16.8. The highest BCUT2D eigenvalue weighted by Crippen LogP contribution is 2.39. The number of carbonyl (C=O) groups excluding carboxylic acids is 2. The lowest BCUT2D eigenvalue weighted by molar-refractivity contribution is -0.395. The van der Waals surface area contributed by atoms with Crippen molar-refractivity contribution in [2.24, 2.45) is 0 Å². The van der Waals surface area contributed by atoms with Crippen molar-refractivity contribution in [3.05, 3.63) is 0 Å². The summed E-state index contributed by atoms with van der Waals surface area (Å²) in [6, 6.07) is -3.32. The second kappa shape index (κ2) is 20.4. The number of carbonyl (C=O) groups is 3. The van der Waals surface area contributed by atoms with E-state index in [2.05, 4.69) is 10.6 Å². The predicted octanol–water partition coefficient (Wildman–Crippen LogP) is -11.3. The van der Waals surface area contributed by atoms with Crippen LogP contribution in [-0.2, 0) is 47.5 Å². The van der Waals surface area contributed by atoms with Crippen LogP contribution in [0.25, 0.3) is 0 Å². The van der Waals surface area contributed by atoms with E-state index in [1.165, 1.54) is 0 Å². The van der Waals surface area contributed by atoms with E-state index in [9.17, 15) is 91.0 Å². The van der Waals surface area contributed by atoms with Crippen molar-refractivity contribution in [1.29, 1.82) is 0 Å². The molecule has 2 amide bonds.